The third-order valence-electron chi connectivity index (χ3n) is 4.13. The van der Waals surface area contributed by atoms with Gasteiger partial charge in [-0.1, -0.05) is 13.8 Å². The van der Waals surface area contributed by atoms with E-state index in [9.17, 15) is 10.4 Å². The van der Waals surface area contributed by atoms with Gasteiger partial charge in [0.1, 0.15) is 5.25 Å². The average molecular weight is 378 g/mol. The molecular weight excluding hydrogens is 350 g/mol. The number of methoxy groups -OCH3 is 2. The Balaban J connectivity index is 2.15. The quantitative estimate of drug-likeness (QED) is 0.685. The number of aliphatic hydroxyl groups is 1. The standard InChI is InChI=1S/C19H27N3O3S/c1-12(2)22-10-14(23)11-26-18(9-20)19-15-8-17(25-4)16(24-3)7-13(15)5-6-21-19/h7-8,12,14,18,22-23H,5-6,10-11H2,1-4H3. The van der Waals surface area contributed by atoms with Crippen LogP contribution in [0.1, 0.15) is 25.0 Å². The second-order valence-corrected chi connectivity index (χ2v) is 7.58. The lowest BCUT2D eigenvalue weighted by Crippen LogP contribution is -2.34. The number of hydrogen-bond acceptors (Lipinski definition) is 7. The molecule has 0 amide bonds. The summed E-state index contributed by atoms with van der Waals surface area (Å²) in [5.41, 5.74) is 2.79. The average Bonchev–Trinajstić information content (AvgIpc) is 2.65. The number of thioether (sulfide) groups is 1. The van der Waals surface area contributed by atoms with Crippen LogP contribution in [0, 0.1) is 11.3 Å². The zero-order chi connectivity index (χ0) is 19.1. The van der Waals surface area contributed by atoms with Crippen molar-refractivity contribution >= 4 is 17.5 Å². The van der Waals surface area contributed by atoms with Gasteiger partial charge in [0.15, 0.2) is 11.5 Å². The van der Waals surface area contributed by atoms with Crippen LogP contribution >= 0.6 is 11.8 Å². The van der Waals surface area contributed by atoms with Crippen molar-refractivity contribution in [3.63, 3.8) is 0 Å². The molecule has 0 bridgehead atoms. The Bertz CT molecular complexity index is 685. The number of benzene rings is 1. The molecule has 1 aliphatic heterocycles. The van der Waals surface area contributed by atoms with Gasteiger partial charge < -0.3 is 19.9 Å². The molecular formula is C19H27N3O3S. The molecule has 0 radical (unpaired) electrons. The van der Waals surface area contributed by atoms with E-state index in [0.29, 0.717) is 36.4 Å². The molecule has 2 rings (SSSR count). The number of nitrogens with zero attached hydrogens (tertiary/aromatic N) is 2. The van der Waals surface area contributed by atoms with Gasteiger partial charge in [0.25, 0.3) is 0 Å². The molecule has 1 aliphatic rings. The lowest BCUT2D eigenvalue weighted by atomic mass is 9.95. The Labute approximate surface area is 159 Å². The van der Waals surface area contributed by atoms with Gasteiger partial charge in [-0.2, -0.15) is 5.26 Å². The highest BCUT2D eigenvalue weighted by molar-refractivity contribution is 8.00. The Morgan fingerprint density at radius 2 is 2.00 bits per heavy atom. The van der Waals surface area contributed by atoms with E-state index in [-0.39, 0.29) is 0 Å². The van der Waals surface area contributed by atoms with Gasteiger partial charge in [0.2, 0.25) is 0 Å². The van der Waals surface area contributed by atoms with Crippen molar-refractivity contribution in [1.82, 2.24) is 5.32 Å². The first-order valence-corrected chi connectivity index (χ1v) is 9.77. The summed E-state index contributed by atoms with van der Waals surface area (Å²) in [5.74, 6) is 1.78. The second-order valence-electron chi connectivity index (χ2n) is 6.44. The third kappa shape index (κ3) is 5.13. The summed E-state index contributed by atoms with van der Waals surface area (Å²) in [6.07, 6.45) is 0.301. The van der Waals surface area contributed by atoms with Crippen LogP contribution < -0.4 is 14.8 Å². The fourth-order valence-corrected chi connectivity index (χ4v) is 3.75. The van der Waals surface area contributed by atoms with Crippen LogP contribution in [0.2, 0.25) is 0 Å². The number of nitrogens with one attached hydrogen (secondary N) is 1. The van der Waals surface area contributed by atoms with Crippen molar-refractivity contribution in [2.45, 2.75) is 37.7 Å². The van der Waals surface area contributed by atoms with Crippen molar-refractivity contribution in [2.75, 3.05) is 33.1 Å². The summed E-state index contributed by atoms with van der Waals surface area (Å²) in [4.78, 5) is 4.60. The first-order valence-electron chi connectivity index (χ1n) is 8.72. The molecule has 0 fully saturated rings. The highest BCUT2D eigenvalue weighted by Gasteiger charge is 2.26. The smallest absolute Gasteiger partial charge is 0.161 e. The zero-order valence-electron chi connectivity index (χ0n) is 15.8. The maximum atomic E-state index is 10.1. The minimum absolute atomic E-state index is 0.318. The Kier molecular flexibility index (Phi) is 7.76. The van der Waals surface area contributed by atoms with E-state index in [2.05, 4.69) is 16.4 Å². The normalized spacial score (nSPS) is 15.7. The monoisotopic (exact) mass is 377 g/mol. The molecule has 142 valence electrons. The third-order valence-corrected chi connectivity index (χ3v) is 5.37. The molecule has 1 heterocycles. The number of rotatable bonds is 9. The molecule has 2 N–H and O–H groups in total. The lowest BCUT2D eigenvalue weighted by Gasteiger charge is -2.23. The number of ether oxygens (including phenoxy) is 2. The molecule has 7 heteroatoms. The summed E-state index contributed by atoms with van der Waals surface area (Å²) < 4.78 is 10.8. The fourth-order valence-electron chi connectivity index (χ4n) is 2.79. The first kappa shape index (κ1) is 20.6. The molecule has 0 saturated heterocycles. The summed E-state index contributed by atoms with van der Waals surface area (Å²) in [6, 6.07) is 6.50. The van der Waals surface area contributed by atoms with Gasteiger partial charge in [-0.3, -0.25) is 4.99 Å². The highest BCUT2D eigenvalue weighted by atomic mass is 32.2. The minimum Gasteiger partial charge on any atom is -0.493 e. The fraction of sp³-hybridized carbons (Fsp3) is 0.579. The van der Waals surface area contributed by atoms with Gasteiger partial charge in [-0.15, -0.1) is 11.8 Å². The Morgan fingerprint density at radius 1 is 1.31 bits per heavy atom. The van der Waals surface area contributed by atoms with Gasteiger partial charge in [-0.05, 0) is 24.1 Å². The topological polar surface area (TPSA) is 86.9 Å². The van der Waals surface area contributed by atoms with Gasteiger partial charge in [0.05, 0.1) is 32.1 Å². The van der Waals surface area contributed by atoms with Gasteiger partial charge in [-0.25, -0.2) is 0 Å². The largest absolute Gasteiger partial charge is 0.493 e. The summed E-state index contributed by atoms with van der Waals surface area (Å²) >= 11 is 1.42. The molecule has 6 nitrogen and oxygen atoms in total. The van der Waals surface area contributed by atoms with Crippen molar-refractivity contribution in [3.8, 4) is 17.6 Å². The summed E-state index contributed by atoms with van der Waals surface area (Å²) in [5, 5.41) is 22.5. The van der Waals surface area contributed by atoms with E-state index < -0.39 is 11.4 Å². The minimum atomic E-state index is -0.507. The maximum absolute atomic E-state index is 10.1. The second kappa shape index (κ2) is 9.81. The van der Waals surface area contributed by atoms with E-state index >= 15 is 0 Å². The lowest BCUT2D eigenvalue weighted by molar-refractivity contribution is 0.192. The summed E-state index contributed by atoms with van der Waals surface area (Å²) in [7, 11) is 3.21. The molecule has 0 spiro atoms. The summed E-state index contributed by atoms with van der Waals surface area (Å²) in [6.45, 7) is 5.23. The maximum Gasteiger partial charge on any atom is 0.161 e. The SMILES string of the molecule is COc1cc2c(cc1OC)C(C(C#N)SCC(O)CNC(C)C)=NCC2. The number of aliphatic hydroxyl groups excluding tert-OH is 1. The molecule has 2 atom stereocenters. The van der Waals surface area contributed by atoms with E-state index in [4.69, 9.17) is 9.47 Å². The van der Waals surface area contributed by atoms with Crippen LogP contribution in [0.5, 0.6) is 11.5 Å². The molecule has 0 saturated carbocycles. The van der Waals surface area contributed by atoms with Crippen LogP contribution in [-0.4, -0.2) is 61.3 Å². The molecule has 26 heavy (non-hydrogen) atoms. The van der Waals surface area contributed by atoms with Crippen LogP contribution in [0.3, 0.4) is 0 Å². The van der Waals surface area contributed by atoms with E-state index in [0.717, 1.165) is 23.3 Å². The molecule has 1 aromatic rings. The number of nitriles is 1. The number of hydrogen-bond donors (Lipinski definition) is 2. The molecule has 1 aromatic carbocycles. The first-order chi connectivity index (χ1) is 12.5. The van der Waals surface area contributed by atoms with Crippen molar-refractivity contribution in [2.24, 2.45) is 4.99 Å². The zero-order valence-corrected chi connectivity index (χ0v) is 16.6. The van der Waals surface area contributed by atoms with Crippen molar-refractivity contribution in [3.05, 3.63) is 23.3 Å². The van der Waals surface area contributed by atoms with Crippen LogP contribution in [-0.2, 0) is 6.42 Å². The van der Waals surface area contributed by atoms with E-state index in [1.54, 1.807) is 14.2 Å². The van der Waals surface area contributed by atoms with E-state index in [1.807, 2.05) is 26.0 Å². The van der Waals surface area contributed by atoms with E-state index in [1.165, 1.54) is 11.8 Å². The molecule has 0 aliphatic carbocycles. The van der Waals surface area contributed by atoms with Gasteiger partial charge in [0, 0.05) is 30.4 Å². The van der Waals surface area contributed by atoms with Crippen LogP contribution in [0.25, 0.3) is 0 Å². The highest BCUT2D eigenvalue weighted by Crippen LogP contribution is 2.34. The Morgan fingerprint density at radius 3 is 2.62 bits per heavy atom. The van der Waals surface area contributed by atoms with Gasteiger partial charge >= 0.3 is 0 Å². The van der Waals surface area contributed by atoms with Crippen LogP contribution in [0.4, 0.5) is 0 Å². The predicted octanol–water partition coefficient (Wildman–Crippen LogP) is 2.03. The number of fused-ring (bicyclic) bond motifs is 1. The van der Waals surface area contributed by atoms with Crippen molar-refractivity contribution in [1.29, 1.82) is 5.26 Å². The van der Waals surface area contributed by atoms with Crippen LogP contribution in [0.15, 0.2) is 17.1 Å². The Hall–Kier alpha value is -1.75. The molecule has 0 aromatic heterocycles. The molecule has 2 unspecified atom stereocenters. The predicted molar refractivity (Wildman–Crippen MR) is 106 cm³/mol. The number of aliphatic imine (C=N–C) groups is 1. The van der Waals surface area contributed by atoms with Crippen molar-refractivity contribution < 1.29 is 14.6 Å².